The van der Waals surface area contributed by atoms with Gasteiger partial charge in [-0.2, -0.15) is 0 Å². The Morgan fingerprint density at radius 3 is 1.00 bits per heavy atom. The molecule has 25 heavy (non-hydrogen) atoms. The van der Waals surface area contributed by atoms with Crippen LogP contribution in [0.2, 0.25) is 0 Å². The Morgan fingerprint density at radius 2 is 0.760 bits per heavy atom. The molecule has 0 saturated carbocycles. The van der Waals surface area contributed by atoms with Crippen LogP contribution < -0.4 is 5.11 Å². The molecule has 0 aromatic carbocycles. The summed E-state index contributed by atoms with van der Waals surface area (Å²) >= 11 is 0. The number of hydrogen-bond acceptors (Lipinski definition) is 2. The van der Waals surface area contributed by atoms with E-state index in [4.69, 9.17) is 0 Å². The van der Waals surface area contributed by atoms with Gasteiger partial charge in [-0.05, 0) is 12.8 Å². The van der Waals surface area contributed by atoms with Crippen LogP contribution in [0.4, 0.5) is 0 Å². The van der Waals surface area contributed by atoms with Crippen LogP contribution in [0, 0.1) is 0 Å². The standard InChI is InChI=1S/C22H44O2.Sr/c1-2-3-4-5-6-7-8-9-10-11-12-13-14-15-16-17-18-19-20-21-22(23)24;/h2-21H2,1H3,(H,23,24);/q;+2/p-1. The number of hydrogen-bond donors (Lipinski definition) is 0. The van der Waals surface area contributed by atoms with Crippen LogP contribution in [0.5, 0.6) is 0 Å². The van der Waals surface area contributed by atoms with E-state index in [-0.39, 0.29) is 51.9 Å². The number of rotatable bonds is 20. The van der Waals surface area contributed by atoms with Gasteiger partial charge in [-0.1, -0.05) is 122 Å². The van der Waals surface area contributed by atoms with Gasteiger partial charge in [-0.15, -0.1) is 0 Å². The minimum absolute atomic E-state index is 0. The summed E-state index contributed by atoms with van der Waals surface area (Å²) in [7, 11) is 0. The van der Waals surface area contributed by atoms with Gasteiger partial charge in [-0.3, -0.25) is 0 Å². The topological polar surface area (TPSA) is 40.1 Å². The van der Waals surface area contributed by atoms with Gasteiger partial charge in [0.1, 0.15) is 0 Å². The molecule has 144 valence electrons. The molecule has 0 bridgehead atoms. The smallest absolute Gasteiger partial charge is 0.550 e. The fourth-order valence-corrected chi connectivity index (χ4v) is 3.35. The van der Waals surface area contributed by atoms with E-state index in [0.717, 1.165) is 12.8 Å². The van der Waals surface area contributed by atoms with Gasteiger partial charge < -0.3 is 9.90 Å². The third kappa shape index (κ3) is 27.3. The molecule has 0 aromatic rings. The number of carboxylic acid groups (broad SMARTS) is 1. The Morgan fingerprint density at radius 1 is 0.520 bits per heavy atom. The molecule has 0 spiro atoms. The predicted octanol–water partition coefficient (Wildman–Crippen LogP) is 6.18. The van der Waals surface area contributed by atoms with E-state index in [1.165, 1.54) is 109 Å². The van der Waals surface area contributed by atoms with Gasteiger partial charge in [0.15, 0.2) is 0 Å². The second-order valence-corrected chi connectivity index (χ2v) is 7.49. The van der Waals surface area contributed by atoms with Gasteiger partial charge in [0.25, 0.3) is 0 Å². The van der Waals surface area contributed by atoms with Crippen molar-refractivity contribution in [2.45, 2.75) is 135 Å². The van der Waals surface area contributed by atoms with Crippen LogP contribution in [0.25, 0.3) is 0 Å². The van der Waals surface area contributed by atoms with Crippen LogP contribution in [0.15, 0.2) is 0 Å². The molecule has 0 rings (SSSR count). The maximum Gasteiger partial charge on any atom is 2.00 e. The van der Waals surface area contributed by atoms with Crippen molar-refractivity contribution in [3.05, 3.63) is 0 Å². The molecule has 0 amide bonds. The van der Waals surface area contributed by atoms with E-state index in [1.807, 2.05) is 0 Å². The Balaban J connectivity index is 0. The fourth-order valence-electron chi connectivity index (χ4n) is 3.35. The third-order valence-corrected chi connectivity index (χ3v) is 4.98. The molecule has 0 heterocycles. The average Bonchev–Trinajstić information content (AvgIpc) is 2.56. The monoisotopic (exact) mass is 427 g/mol. The van der Waals surface area contributed by atoms with Crippen LogP contribution >= 0.6 is 0 Å². The third-order valence-electron chi connectivity index (χ3n) is 4.98. The first-order valence-electron chi connectivity index (χ1n) is 11.0. The van der Waals surface area contributed by atoms with Crippen molar-refractivity contribution in [2.75, 3.05) is 0 Å². The first-order chi connectivity index (χ1) is 11.8. The minimum Gasteiger partial charge on any atom is -0.550 e. The van der Waals surface area contributed by atoms with Crippen molar-refractivity contribution in [1.29, 1.82) is 0 Å². The normalized spacial score (nSPS) is 10.6. The number of carbonyl (C=O) groups excluding carboxylic acids is 1. The van der Waals surface area contributed by atoms with Crippen molar-refractivity contribution in [2.24, 2.45) is 0 Å². The van der Waals surface area contributed by atoms with Crippen molar-refractivity contribution in [3.8, 4) is 0 Å². The van der Waals surface area contributed by atoms with Crippen LogP contribution in [-0.2, 0) is 4.79 Å². The Hall–Kier alpha value is 0.951. The van der Waals surface area contributed by atoms with Crippen LogP contribution in [-0.4, -0.2) is 51.5 Å². The zero-order valence-electron chi connectivity index (χ0n) is 17.2. The molecule has 0 fully saturated rings. The molecular formula is C22H43O2Sr+. The summed E-state index contributed by atoms with van der Waals surface area (Å²) in [5, 5.41) is 10.3. The molecular weight excluding hydrogens is 384 g/mol. The zero-order valence-corrected chi connectivity index (χ0v) is 20.6. The summed E-state index contributed by atoms with van der Waals surface area (Å²) in [6, 6.07) is 0. The summed E-state index contributed by atoms with van der Waals surface area (Å²) < 4.78 is 0. The predicted molar refractivity (Wildman–Crippen MR) is 109 cm³/mol. The molecule has 0 aliphatic heterocycles. The van der Waals surface area contributed by atoms with Crippen molar-refractivity contribution < 1.29 is 9.90 Å². The van der Waals surface area contributed by atoms with Gasteiger partial charge in [-0.25, -0.2) is 0 Å². The van der Waals surface area contributed by atoms with E-state index < -0.39 is 5.97 Å². The van der Waals surface area contributed by atoms with E-state index >= 15 is 0 Å². The quantitative estimate of drug-likeness (QED) is 0.172. The number of carboxylic acids is 1. The van der Waals surface area contributed by atoms with Gasteiger partial charge in [0.05, 0.1) is 0 Å². The van der Waals surface area contributed by atoms with Crippen molar-refractivity contribution in [3.63, 3.8) is 0 Å². The van der Waals surface area contributed by atoms with E-state index in [1.54, 1.807) is 0 Å². The van der Waals surface area contributed by atoms with Crippen LogP contribution in [0.1, 0.15) is 135 Å². The molecule has 0 atom stereocenters. The largest absolute Gasteiger partial charge is 2.00 e. The molecule has 0 unspecified atom stereocenters. The zero-order chi connectivity index (χ0) is 17.7. The Kier molecular flexibility index (Phi) is 28.1. The summed E-state index contributed by atoms with van der Waals surface area (Å²) in [6.45, 7) is 2.28. The fraction of sp³-hybridized carbons (Fsp3) is 0.955. The van der Waals surface area contributed by atoms with E-state index in [2.05, 4.69) is 6.92 Å². The average molecular weight is 427 g/mol. The Labute approximate surface area is 195 Å². The van der Waals surface area contributed by atoms with Crippen molar-refractivity contribution in [1.82, 2.24) is 0 Å². The molecule has 0 aliphatic carbocycles. The first kappa shape index (κ1) is 28.2. The first-order valence-corrected chi connectivity index (χ1v) is 11.0. The minimum atomic E-state index is -0.901. The summed E-state index contributed by atoms with van der Waals surface area (Å²) in [5.74, 6) is -0.901. The summed E-state index contributed by atoms with van der Waals surface area (Å²) in [4.78, 5) is 10.3. The summed E-state index contributed by atoms with van der Waals surface area (Å²) in [6.07, 6.45) is 25.7. The second-order valence-electron chi connectivity index (χ2n) is 7.49. The molecule has 0 N–H and O–H groups in total. The van der Waals surface area contributed by atoms with Gasteiger partial charge in [0, 0.05) is 5.97 Å². The maximum atomic E-state index is 10.3. The second kappa shape index (κ2) is 25.0. The Bertz CT molecular complexity index is 256. The number of unbranched alkanes of at least 4 members (excludes halogenated alkanes) is 18. The number of carbonyl (C=O) groups is 1. The summed E-state index contributed by atoms with van der Waals surface area (Å²) in [5.41, 5.74) is 0. The maximum absolute atomic E-state index is 10.3. The number of aliphatic carboxylic acids is 1. The van der Waals surface area contributed by atoms with E-state index in [9.17, 15) is 9.90 Å². The van der Waals surface area contributed by atoms with Crippen molar-refractivity contribution >= 4 is 51.5 Å². The molecule has 0 radical (unpaired) electrons. The molecule has 0 saturated heterocycles. The molecule has 3 heteroatoms. The molecule has 0 aromatic heterocycles. The molecule has 2 nitrogen and oxygen atoms in total. The van der Waals surface area contributed by atoms with Crippen LogP contribution in [0.3, 0.4) is 0 Å². The molecule has 0 aliphatic rings. The SMILES string of the molecule is CCCCCCCCCCCCCCCCCCCCCC(=O)[O-].[Sr+2]. The van der Waals surface area contributed by atoms with Gasteiger partial charge in [0.2, 0.25) is 0 Å². The van der Waals surface area contributed by atoms with Gasteiger partial charge >= 0.3 is 45.5 Å². The van der Waals surface area contributed by atoms with E-state index in [0.29, 0.717) is 0 Å².